The molecular weight excluding hydrogens is 345 g/mol. The summed E-state index contributed by atoms with van der Waals surface area (Å²) in [6.45, 7) is 2.13. The quantitative estimate of drug-likeness (QED) is 0.770. The van der Waals surface area contributed by atoms with Gasteiger partial charge in [-0.3, -0.25) is 4.79 Å². The lowest BCUT2D eigenvalue weighted by Gasteiger charge is -2.32. The van der Waals surface area contributed by atoms with Crippen molar-refractivity contribution in [1.29, 1.82) is 0 Å². The first-order valence-corrected chi connectivity index (χ1v) is 8.81. The van der Waals surface area contributed by atoms with Crippen LogP contribution in [0.1, 0.15) is 23.2 Å². The van der Waals surface area contributed by atoms with Crippen molar-refractivity contribution in [2.24, 2.45) is 5.92 Å². The molecule has 0 spiro atoms. The highest BCUT2D eigenvalue weighted by Gasteiger charge is 2.25. The molecule has 0 aromatic heterocycles. The van der Waals surface area contributed by atoms with Crippen LogP contribution in [0.15, 0.2) is 48.5 Å². The maximum atomic E-state index is 12.6. The predicted molar refractivity (Wildman–Crippen MR) is 97.0 cm³/mol. The molecule has 24 heavy (non-hydrogen) atoms. The van der Waals surface area contributed by atoms with Gasteiger partial charge in [0, 0.05) is 18.1 Å². The second-order valence-corrected chi connectivity index (χ2v) is 6.83. The molecule has 1 fully saturated rings. The third-order valence-corrected chi connectivity index (χ3v) is 4.84. The summed E-state index contributed by atoms with van der Waals surface area (Å²) in [4.78, 5) is 14.4. The van der Waals surface area contributed by atoms with Crippen molar-refractivity contribution >= 4 is 29.1 Å². The smallest absolute Gasteiger partial charge is 0.255 e. The summed E-state index contributed by atoms with van der Waals surface area (Å²) in [5, 5.41) is 0.940. The fraction of sp³-hybridized carbons (Fsp3) is 0.316. The van der Waals surface area contributed by atoms with Gasteiger partial charge in [-0.1, -0.05) is 41.4 Å². The highest BCUT2D eigenvalue weighted by atomic mass is 35.5. The minimum absolute atomic E-state index is 0.0286. The lowest BCUT2D eigenvalue weighted by molar-refractivity contribution is 0.0661. The number of hydrogen-bond acceptors (Lipinski definition) is 2. The molecule has 0 bridgehead atoms. The van der Waals surface area contributed by atoms with E-state index in [1.54, 1.807) is 18.2 Å². The summed E-state index contributed by atoms with van der Waals surface area (Å²) in [6, 6.07) is 14.8. The SMILES string of the molecule is O=C(c1ccc(Cl)cc1Cl)N1CCC(COc2ccccc2)CC1. The third kappa shape index (κ3) is 4.22. The van der Waals surface area contributed by atoms with E-state index in [1.165, 1.54) is 0 Å². The average molecular weight is 364 g/mol. The Hall–Kier alpha value is -1.71. The lowest BCUT2D eigenvalue weighted by Crippen LogP contribution is -2.39. The molecule has 0 atom stereocenters. The van der Waals surface area contributed by atoms with Gasteiger partial charge in [0.1, 0.15) is 5.75 Å². The summed E-state index contributed by atoms with van der Waals surface area (Å²) in [5.41, 5.74) is 0.514. The van der Waals surface area contributed by atoms with E-state index in [0.717, 1.165) is 31.7 Å². The molecule has 1 amide bonds. The van der Waals surface area contributed by atoms with Crippen molar-refractivity contribution in [3.63, 3.8) is 0 Å². The van der Waals surface area contributed by atoms with Crippen molar-refractivity contribution < 1.29 is 9.53 Å². The Morgan fingerprint density at radius 2 is 1.79 bits per heavy atom. The fourth-order valence-corrected chi connectivity index (χ4v) is 3.36. The molecule has 126 valence electrons. The molecule has 5 heteroatoms. The van der Waals surface area contributed by atoms with Crippen molar-refractivity contribution in [3.05, 3.63) is 64.1 Å². The van der Waals surface area contributed by atoms with Gasteiger partial charge in [0.05, 0.1) is 17.2 Å². The maximum absolute atomic E-state index is 12.6. The van der Waals surface area contributed by atoms with E-state index in [1.807, 2.05) is 35.2 Å². The van der Waals surface area contributed by atoms with Crippen LogP contribution in [0, 0.1) is 5.92 Å². The maximum Gasteiger partial charge on any atom is 0.255 e. The summed E-state index contributed by atoms with van der Waals surface area (Å²) < 4.78 is 5.82. The number of ether oxygens (including phenoxy) is 1. The molecule has 1 aliphatic rings. The fourth-order valence-electron chi connectivity index (χ4n) is 2.87. The third-order valence-electron chi connectivity index (χ3n) is 4.29. The lowest BCUT2D eigenvalue weighted by atomic mass is 9.97. The molecular formula is C19H19Cl2NO2. The number of likely N-dealkylation sites (tertiary alicyclic amines) is 1. The van der Waals surface area contributed by atoms with Crippen LogP contribution in [0.4, 0.5) is 0 Å². The Labute approximate surface area is 152 Å². The Kier molecular flexibility index (Phi) is 5.64. The normalized spacial score (nSPS) is 15.3. The van der Waals surface area contributed by atoms with E-state index in [-0.39, 0.29) is 5.91 Å². The highest BCUT2D eigenvalue weighted by molar-refractivity contribution is 6.36. The van der Waals surface area contributed by atoms with Crippen LogP contribution >= 0.6 is 23.2 Å². The molecule has 3 nitrogen and oxygen atoms in total. The van der Waals surface area contributed by atoms with Gasteiger partial charge in [-0.2, -0.15) is 0 Å². The Morgan fingerprint density at radius 1 is 1.08 bits per heavy atom. The number of carbonyl (C=O) groups is 1. The van der Waals surface area contributed by atoms with E-state index in [9.17, 15) is 4.79 Å². The van der Waals surface area contributed by atoms with Crippen LogP contribution in [0.3, 0.4) is 0 Å². The van der Waals surface area contributed by atoms with Crippen LogP contribution in [0.5, 0.6) is 5.75 Å². The number of halogens is 2. The molecule has 2 aromatic carbocycles. The largest absolute Gasteiger partial charge is 0.493 e. The van der Waals surface area contributed by atoms with E-state index >= 15 is 0 Å². The highest BCUT2D eigenvalue weighted by Crippen LogP contribution is 2.25. The van der Waals surface area contributed by atoms with Gasteiger partial charge < -0.3 is 9.64 Å². The van der Waals surface area contributed by atoms with Crippen LogP contribution in [-0.2, 0) is 0 Å². The Bertz CT molecular complexity index is 698. The first-order valence-electron chi connectivity index (χ1n) is 8.05. The minimum atomic E-state index is -0.0286. The van der Waals surface area contributed by atoms with Gasteiger partial charge in [0.2, 0.25) is 0 Å². The van der Waals surface area contributed by atoms with Gasteiger partial charge in [0.15, 0.2) is 0 Å². The number of benzene rings is 2. The summed E-state index contributed by atoms with van der Waals surface area (Å²) in [7, 11) is 0. The number of amides is 1. The number of hydrogen-bond donors (Lipinski definition) is 0. The van der Waals surface area contributed by atoms with Gasteiger partial charge >= 0.3 is 0 Å². The molecule has 3 rings (SSSR count). The molecule has 0 radical (unpaired) electrons. The van der Waals surface area contributed by atoms with Crippen LogP contribution in [-0.4, -0.2) is 30.5 Å². The average Bonchev–Trinajstić information content (AvgIpc) is 2.61. The first kappa shape index (κ1) is 17.1. The number of rotatable bonds is 4. The van der Waals surface area contributed by atoms with Crippen molar-refractivity contribution in [2.75, 3.05) is 19.7 Å². The van der Waals surface area contributed by atoms with Crippen molar-refractivity contribution in [1.82, 2.24) is 4.90 Å². The molecule has 0 N–H and O–H groups in total. The molecule has 2 aromatic rings. The van der Waals surface area contributed by atoms with Crippen LogP contribution in [0.25, 0.3) is 0 Å². The standard InChI is InChI=1S/C19H19Cl2NO2/c20-15-6-7-17(18(21)12-15)19(23)22-10-8-14(9-11-22)13-24-16-4-2-1-3-5-16/h1-7,12,14H,8-11,13H2. The summed E-state index contributed by atoms with van der Waals surface area (Å²) >= 11 is 12.0. The van der Waals surface area contributed by atoms with E-state index in [4.69, 9.17) is 27.9 Å². The van der Waals surface area contributed by atoms with Gasteiger partial charge in [-0.05, 0) is 49.1 Å². The second kappa shape index (κ2) is 7.91. The van der Waals surface area contributed by atoms with E-state index < -0.39 is 0 Å². The topological polar surface area (TPSA) is 29.5 Å². The monoisotopic (exact) mass is 363 g/mol. The molecule has 0 saturated carbocycles. The zero-order valence-electron chi connectivity index (χ0n) is 13.3. The predicted octanol–water partition coefficient (Wildman–Crippen LogP) is 4.92. The minimum Gasteiger partial charge on any atom is -0.493 e. The number of piperidine rings is 1. The van der Waals surface area contributed by atoms with Crippen molar-refractivity contribution in [3.8, 4) is 5.75 Å². The Balaban J connectivity index is 1.52. The zero-order chi connectivity index (χ0) is 16.9. The van der Waals surface area contributed by atoms with Gasteiger partial charge in [0.25, 0.3) is 5.91 Å². The zero-order valence-corrected chi connectivity index (χ0v) is 14.8. The first-order chi connectivity index (χ1) is 11.6. The second-order valence-electron chi connectivity index (χ2n) is 5.98. The number of nitrogens with zero attached hydrogens (tertiary/aromatic N) is 1. The van der Waals surface area contributed by atoms with Crippen LogP contribution < -0.4 is 4.74 Å². The van der Waals surface area contributed by atoms with Crippen LogP contribution in [0.2, 0.25) is 10.0 Å². The van der Waals surface area contributed by atoms with E-state index in [2.05, 4.69) is 0 Å². The van der Waals surface area contributed by atoms with Gasteiger partial charge in [-0.15, -0.1) is 0 Å². The van der Waals surface area contributed by atoms with Crippen molar-refractivity contribution in [2.45, 2.75) is 12.8 Å². The number of carbonyl (C=O) groups excluding carboxylic acids is 1. The van der Waals surface area contributed by atoms with E-state index in [0.29, 0.717) is 28.1 Å². The Morgan fingerprint density at radius 3 is 2.46 bits per heavy atom. The molecule has 1 heterocycles. The summed E-state index contributed by atoms with van der Waals surface area (Å²) in [5.74, 6) is 1.33. The molecule has 1 saturated heterocycles. The summed E-state index contributed by atoms with van der Waals surface area (Å²) in [6.07, 6.45) is 1.87. The number of para-hydroxylation sites is 1. The molecule has 1 aliphatic heterocycles. The molecule has 0 aliphatic carbocycles. The molecule has 0 unspecified atom stereocenters. The van der Waals surface area contributed by atoms with Gasteiger partial charge in [-0.25, -0.2) is 0 Å².